The van der Waals surface area contributed by atoms with Gasteiger partial charge in [-0.3, -0.25) is 0 Å². The number of aryl methyl sites for hydroxylation is 2. The lowest BCUT2D eigenvalue weighted by atomic mass is 10.0. The van der Waals surface area contributed by atoms with Gasteiger partial charge in [-0.1, -0.05) is 12.1 Å². The summed E-state index contributed by atoms with van der Waals surface area (Å²) in [7, 11) is 1.52. The fourth-order valence-electron chi connectivity index (χ4n) is 2.57. The van der Waals surface area contributed by atoms with Gasteiger partial charge in [-0.25, -0.2) is 0 Å². The molecule has 0 aliphatic carbocycles. The van der Waals surface area contributed by atoms with Crippen molar-refractivity contribution in [1.29, 1.82) is 0 Å². The first-order chi connectivity index (χ1) is 10.7. The number of hydrogen-bond donors (Lipinski definition) is 2. The molecule has 2 N–H and O–H groups in total. The predicted molar refractivity (Wildman–Crippen MR) is 80.9 cm³/mol. The fourth-order valence-corrected chi connectivity index (χ4v) is 2.57. The maximum absolute atomic E-state index is 10.2. The highest BCUT2D eigenvalue weighted by atomic mass is 16.7. The molecular formula is C17H18O5. The summed E-state index contributed by atoms with van der Waals surface area (Å²) in [6, 6.07) is 9.06. The van der Waals surface area contributed by atoms with Crippen LogP contribution in [0.2, 0.25) is 0 Å². The Balaban J connectivity index is 1.63. The first kappa shape index (κ1) is 14.4. The number of hydrogen-bond acceptors (Lipinski definition) is 5. The second-order valence-corrected chi connectivity index (χ2v) is 5.17. The number of phenolic OH excluding ortho intramolecular Hbond substituents is 2. The molecule has 5 nitrogen and oxygen atoms in total. The molecule has 0 radical (unpaired) electrons. The Bertz CT molecular complexity index is 681. The van der Waals surface area contributed by atoms with E-state index in [0.29, 0.717) is 17.2 Å². The van der Waals surface area contributed by atoms with Gasteiger partial charge in [0.25, 0.3) is 0 Å². The number of phenols is 2. The van der Waals surface area contributed by atoms with Gasteiger partial charge in [0, 0.05) is 0 Å². The minimum absolute atomic E-state index is 0.144. The van der Waals surface area contributed by atoms with Gasteiger partial charge >= 0.3 is 0 Å². The second-order valence-electron chi connectivity index (χ2n) is 5.17. The standard InChI is InChI=1S/C17H18O5/c1-20-14-7-5-11(9-13(14)18)3-2-4-12-6-8-15-17(16(12)19)22-10-21-15/h5-9,18-19H,2-4,10H2,1H3. The predicted octanol–water partition coefficient (Wildman–Crippen LogP) is 3.01. The zero-order valence-corrected chi connectivity index (χ0v) is 12.3. The van der Waals surface area contributed by atoms with E-state index in [1.165, 1.54) is 7.11 Å². The normalized spacial score (nSPS) is 12.4. The van der Waals surface area contributed by atoms with Crippen molar-refractivity contribution in [2.24, 2.45) is 0 Å². The number of fused-ring (bicyclic) bond motifs is 1. The Morgan fingerprint density at radius 1 is 1.09 bits per heavy atom. The minimum Gasteiger partial charge on any atom is -0.504 e. The highest BCUT2D eigenvalue weighted by molar-refractivity contribution is 5.56. The van der Waals surface area contributed by atoms with Crippen LogP contribution >= 0.6 is 0 Å². The van der Waals surface area contributed by atoms with E-state index in [-0.39, 0.29) is 18.3 Å². The Kier molecular flexibility index (Phi) is 3.96. The molecule has 3 rings (SSSR count). The molecule has 0 bridgehead atoms. The summed E-state index contributed by atoms with van der Waals surface area (Å²) < 4.78 is 15.5. The smallest absolute Gasteiger partial charge is 0.231 e. The van der Waals surface area contributed by atoms with Gasteiger partial charge in [0.15, 0.2) is 23.0 Å². The van der Waals surface area contributed by atoms with Gasteiger partial charge in [0.05, 0.1) is 7.11 Å². The van der Waals surface area contributed by atoms with Crippen LogP contribution in [0.25, 0.3) is 0 Å². The van der Waals surface area contributed by atoms with Crippen LogP contribution in [0.3, 0.4) is 0 Å². The van der Waals surface area contributed by atoms with E-state index in [1.807, 2.05) is 18.2 Å². The van der Waals surface area contributed by atoms with Crippen LogP contribution < -0.4 is 14.2 Å². The highest BCUT2D eigenvalue weighted by Crippen LogP contribution is 2.42. The zero-order chi connectivity index (χ0) is 15.5. The Morgan fingerprint density at radius 3 is 2.73 bits per heavy atom. The van der Waals surface area contributed by atoms with Crippen molar-refractivity contribution in [1.82, 2.24) is 0 Å². The average Bonchev–Trinajstić information content (AvgIpc) is 2.99. The van der Waals surface area contributed by atoms with Crippen molar-refractivity contribution >= 4 is 0 Å². The molecule has 0 saturated heterocycles. The number of benzene rings is 2. The molecule has 1 aliphatic heterocycles. The van der Waals surface area contributed by atoms with Gasteiger partial charge in [-0.15, -0.1) is 0 Å². The number of rotatable bonds is 5. The molecule has 0 fully saturated rings. The monoisotopic (exact) mass is 302 g/mol. The van der Waals surface area contributed by atoms with Crippen LogP contribution in [0, 0.1) is 0 Å². The minimum atomic E-state index is 0.144. The third-order valence-electron chi connectivity index (χ3n) is 3.75. The summed E-state index contributed by atoms with van der Waals surface area (Å²) in [5.74, 6) is 1.79. The molecule has 2 aromatic rings. The van der Waals surface area contributed by atoms with Gasteiger partial charge in [0.2, 0.25) is 12.5 Å². The van der Waals surface area contributed by atoms with Crippen molar-refractivity contribution in [2.75, 3.05) is 13.9 Å². The molecule has 22 heavy (non-hydrogen) atoms. The first-order valence-corrected chi connectivity index (χ1v) is 7.15. The average molecular weight is 302 g/mol. The van der Waals surface area contributed by atoms with E-state index in [2.05, 4.69) is 0 Å². The third kappa shape index (κ3) is 2.74. The highest BCUT2D eigenvalue weighted by Gasteiger charge is 2.20. The van der Waals surface area contributed by atoms with Crippen LogP contribution in [0.4, 0.5) is 0 Å². The van der Waals surface area contributed by atoms with Gasteiger partial charge in [0.1, 0.15) is 0 Å². The SMILES string of the molecule is COc1ccc(CCCc2ccc3c(c2O)OCO3)cc1O. The molecule has 0 spiro atoms. The summed E-state index contributed by atoms with van der Waals surface area (Å²) in [6.07, 6.45) is 2.36. The Hall–Kier alpha value is -2.56. The van der Waals surface area contributed by atoms with Crippen LogP contribution in [-0.2, 0) is 12.8 Å². The molecule has 0 saturated carbocycles. The van der Waals surface area contributed by atoms with Crippen LogP contribution in [0.15, 0.2) is 30.3 Å². The van der Waals surface area contributed by atoms with E-state index in [4.69, 9.17) is 14.2 Å². The van der Waals surface area contributed by atoms with Crippen LogP contribution in [-0.4, -0.2) is 24.1 Å². The largest absolute Gasteiger partial charge is 0.504 e. The van der Waals surface area contributed by atoms with E-state index >= 15 is 0 Å². The van der Waals surface area contributed by atoms with Crippen LogP contribution in [0.5, 0.6) is 28.7 Å². The molecule has 5 heteroatoms. The molecule has 1 aliphatic rings. The molecule has 0 unspecified atom stereocenters. The molecule has 1 heterocycles. The van der Waals surface area contributed by atoms with E-state index in [1.54, 1.807) is 12.1 Å². The zero-order valence-electron chi connectivity index (χ0n) is 12.3. The Morgan fingerprint density at radius 2 is 1.95 bits per heavy atom. The summed E-state index contributed by atoms with van der Waals surface area (Å²) in [5.41, 5.74) is 1.86. The fraction of sp³-hybridized carbons (Fsp3) is 0.294. The van der Waals surface area contributed by atoms with Crippen LogP contribution in [0.1, 0.15) is 17.5 Å². The number of aromatic hydroxyl groups is 2. The molecule has 0 atom stereocenters. The van der Waals surface area contributed by atoms with Crippen molar-refractivity contribution < 1.29 is 24.4 Å². The maximum Gasteiger partial charge on any atom is 0.231 e. The van der Waals surface area contributed by atoms with Crippen molar-refractivity contribution in [2.45, 2.75) is 19.3 Å². The van der Waals surface area contributed by atoms with E-state index in [0.717, 1.165) is 30.4 Å². The lowest BCUT2D eigenvalue weighted by Crippen LogP contribution is -1.94. The van der Waals surface area contributed by atoms with Gasteiger partial charge in [-0.2, -0.15) is 0 Å². The van der Waals surface area contributed by atoms with Crippen molar-refractivity contribution in [3.05, 3.63) is 41.5 Å². The third-order valence-corrected chi connectivity index (χ3v) is 3.75. The lowest BCUT2D eigenvalue weighted by molar-refractivity contribution is 0.171. The first-order valence-electron chi connectivity index (χ1n) is 7.15. The second kappa shape index (κ2) is 6.05. The molecule has 0 amide bonds. The summed E-state index contributed by atoms with van der Waals surface area (Å²) in [4.78, 5) is 0. The van der Waals surface area contributed by atoms with Gasteiger partial charge < -0.3 is 24.4 Å². The van der Waals surface area contributed by atoms with Crippen molar-refractivity contribution in [3.63, 3.8) is 0 Å². The summed E-state index contributed by atoms with van der Waals surface area (Å²) >= 11 is 0. The molecule has 0 aromatic heterocycles. The summed E-state index contributed by atoms with van der Waals surface area (Å²) in [5, 5.41) is 19.9. The maximum atomic E-state index is 10.2. The molecule has 2 aromatic carbocycles. The quantitative estimate of drug-likeness (QED) is 0.888. The van der Waals surface area contributed by atoms with Gasteiger partial charge in [-0.05, 0) is 48.6 Å². The van der Waals surface area contributed by atoms with E-state index < -0.39 is 0 Å². The van der Waals surface area contributed by atoms with E-state index in [9.17, 15) is 10.2 Å². The molecular weight excluding hydrogens is 284 g/mol. The topological polar surface area (TPSA) is 68.2 Å². The number of ether oxygens (including phenoxy) is 3. The Labute approximate surface area is 128 Å². The summed E-state index contributed by atoms with van der Waals surface area (Å²) in [6.45, 7) is 0.150. The number of methoxy groups -OCH3 is 1. The van der Waals surface area contributed by atoms with Crippen molar-refractivity contribution in [3.8, 4) is 28.7 Å². The lowest BCUT2D eigenvalue weighted by Gasteiger charge is -2.08. The molecule has 116 valence electrons.